The van der Waals surface area contributed by atoms with E-state index in [1.807, 2.05) is 0 Å². The van der Waals surface area contributed by atoms with Gasteiger partial charge < -0.3 is 9.47 Å². The molecule has 1 heterocycles. The molecule has 0 aliphatic carbocycles. The van der Waals surface area contributed by atoms with Crippen LogP contribution in [0.15, 0.2) is 0 Å². The maximum absolute atomic E-state index is 11.4. The van der Waals surface area contributed by atoms with Gasteiger partial charge in [0.15, 0.2) is 6.10 Å². The van der Waals surface area contributed by atoms with E-state index >= 15 is 0 Å². The molecule has 1 aliphatic rings. The van der Waals surface area contributed by atoms with Crippen molar-refractivity contribution in [3.63, 3.8) is 0 Å². The minimum absolute atomic E-state index is 0.0805. The van der Waals surface area contributed by atoms with Crippen molar-refractivity contribution in [1.29, 1.82) is 0 Å². The Balaban J connectivity index is 2.35. The molecule has 8 heteroatoms. The van der Waals surface area contributed by atoms with E-state index in [9.17, 15) is 14.4 Å². The Kier molecular flexibility index (Phi) is 5.53. The summed E-state index contributed by atoms with van der Waals surface area (Å²) < 4.78 is 9.80. The fourth-order valence-electron chi connectivity index (χ4n) is 1.52. The van der Waals surface area contributed by atoms with Crippen molar-refractivity contribution in [2.75, 3.05) is 33.4 Å². The number of rotatable bonds is 3. The van der Waals surface area contributed by atoms with Gasteiger partial charge in [-0.1, -0.05) is 0 Å². The minimum atomic E-state index is -0.669. The second-order valence-corrected chi connectivity index (χ2v) is 3.85. The van der Waals surface area contributed by atoms with E-state index in [0.29, 0.717) is 19.7 Å². The Morgan fingerprint density at radius 3 is 2.72 bits per heavy atom. The first-order valence-corrected chi connectivity index (χ1v) is 5.50. The van der Waals surface area contributed by atoms with Crippen molar-refractivity contribution in [1.82, 2.24) is 15.8 Å². The zero-order valence-electron chi connectivity index (χ0n) is 10.4. The fraction of sp³-hybridized carbons (Fsp3) is 0.700. The lowest BCUT2D eigenvalue weighted by atomic mass is 10.2. The predicted molar refractivity (Wildman–Crippen MR) is 60.2 cm³/mol. The van der Waals surface area contributed by atoms with E-state index in [0.717, 1.165) is 0 Å². The number of morpholine rings is 1. The second kappa shape index (κ2) is 6.92. The maximum atomic E-state index is 11.4. The number of carbonyl (C=O) groups is 3. The van der Waals surface area contributed by atoms with E-state index in [1.54, 1.807) is 4.90 Å². The maximum Gasteiger partial charge on any atom is 0.336 e. The van der Waals surface area contributed by atoms with Gasteiger partial charge in [0.1, 0.15) is 0 Å². The molecule has 1 aliphatic heterocycles. The molecule has 1 rings (SSSR count). The van der Waals surface area contributed by atoms with Gasteiger partial charge in [-0.05, 0) is 0 Å². The molecule has 0 spiro atoms. The van der Waals surface area contributed by atoms with E-state index in [2.05, 4.69) is 15.6 Å². The lowest BCUT2D eigenvalue weighted by Crippen LogP contribution is -2.51. The van der Waals surface area contributed by atoms with Gasteiger partial charge in [-0.2, -0.15) is 0 Å². The standard InChI is InChI=1S/C10H17N3O5/c1-7(14)11-12-9(15)6-13-3-4-18-8(5-13)10(16)17-2/h8H,3-6H2,1-2H3,(H,11,14)(H,12,15). The lowest BCUT2D eigenvalue weighted by Gasteiger charge is -2.30. The van der Waals surface area contributed by atoms with Crippen molar-refractivity contribution >= 4 is 17.8 Å². The third-order valence-electron chi connectivity index (χ3n) is 2.36. The van der Waals surface area contributed by atoms with Crippen molar-refractivity contribution < 1.29 is 23.9 Å². The molecular formula is C10H17N3O5. The quantitative estimate of drug-likeness (QED) is 0.450. The Bertz CT molecular complexity index is 333. The SMILES string of the molecule is COC(=O)C1CN(CC(=O)NNC(C)=O)CCO1. The van der Waals surface area contributed by atoms with Crippen LogP contribution in [0.1, 0.15) is 6.92 Å². The zero-order valence-corrected chi connectivity index (χ0v) is 10.4. The molecule has 1 fully saturated rings. The number of esters is 1. The number of hydrazine groups is 1. The summed E-state index contributed by atoms with van der Waals surface area (Å²) in [6.45, 7) is 2.56. The van der Waals surface area contributed by atoms with Crippen LogP contribution in [0.4, 0.5) is 0 Å². The summed E-state index contributed by atoms with van der Waals surface area (Å²) in [4.78, 5) is 35.1. The van der Waals surface area contributed by atoms with Gasteiger partial charge in [-0.15, -0.1) is 0 Å². The Hall–Kier alpha value is -1.67. The first-order valence-electron chi connectivity index (χ1n) is 5.50. The van der Waals surface area contributed by atoms with Crippen LogP contribution >= 0.6 is 0 Å². The molecule has 1 atom stereocenters. The summed E-state index contributed by atoms with van der Waals surface area (Å²) in [5.74, 6) is -1.16. The summed E-state index contributed by atoms with van der Waals surface area (Å²) in [6.07, 6.45) is -0.669. The first-order chi connectivity index (χ1) is 8.52. The number of methoxy groups -OCH3 is 1. The highest BCUT2D eigenvalue weighted by Crippen LogP contribution is 2.06. The number of nitrogens with one attached hydrogen (secondary N) is 2. The van der Waals surface area contributed by atoms with Gasteiger partial charge in [-0.3, -0.25) is 25.3 Å². The second-order valence-electron chi connectivity index (χ2n) is 3.85. The highest BCUT2D eigenvalue weighted by Gasteiger charge is 2.28. The normalized spacial score (nSPS) is 20.0. The lowest BCUT2D eigenvalue weighted by molar-refractivity contribution is -0.160. The molecule has 0 saturated carbocycles. The van der Waals surface area contributed by atoms with E-state index in [-0.39, 0.29) is 18.4 Å². The summed E-state index contributed by atoms with van der Waals surface area (Å²) in [7, 11) is 1.29. The summed E-state index contributed by atoms with van der Waals surface area (Å²) in [6, 6.07) is 0. The van der Waals surface area contributed by atoms with Crippen LogP contribution in [0.3, 0.4) is 0 Å². The number of hydrogen-bond donors (Lipinski definition) is 2. The molecule has 0 aromatic rings. The van der Waals surface area contributed by atoms with Crippen LogP contribution < -0.4 is 10.9 Å². The zero-order chi connectivity index (χ0) is 13.5. The van der Waals surface area contributed by atoms with Crippen molar-refractivity contribution in [3.8, 4) is 0 Å². The van der Waals surface area contributed by atoms with Crippen molar-refractivity contribution in [2.24, 2.45) is 0 Å². The van der Waals surface area contributed by atoms with Crippen LogP contribution in [0, 0.1) is 0 Å². The van der Waals surface area contributed by atoms with Gasteiger partial charge in [0.2, 0.25) is 5.91 Å². The van der Waals surface area contributed by atoms with Crippen LogP contribution in [-0.4, -0.2) is 62.1 Å². The average molecular weight is 259 g/mol. The fourth-order valence-corrected chi connectivity index (χ4v) is 1.52. The number of amides is 2. The van der Waals surface area contributed by atoms with Gasteiger partial charge >= 0.3 is 5.97 Å². The average Bonchev–Trinajstić information content (AvgIpc) is 2.35. The summed E-state index contributed by atoms with van der Waals surface area (Å²) in [5, 5.41) is 0. The van der Waals surface area contributed by atoms with E-state index in [1.165, 1.54) is 14.0 Å². The first kappa shape index (κ1) is 14.4. The number of hydrogen-bond acceptors (Lipinski definition) is 6. The highest BCUT2D eigenvalue weighted by atomic mass is 16.6. The Morgan fingerprint density at radius 2 is 2.11 bits per heavy atom. The van der Waals surface area contributed by atoms with Crippen LogP contribution in [0.2, 0.25) is 0 Å². The molecule has 0 bridgehead atoms. The largest absolute Gasteiger partial charge is 0.467 e. The van der Waals surface area contributed by atoms with Crippen LogP contribution in [0.25, 0.3) is 0 Å². The van der Waals surface area contributed by atoms with E-state index < -0.39 is 12.1 Å². The predicted octanol–water partition coefficient (Wildman–Crippen LogP) is -1.97. The van der Waals surface area contributed by atoms with Gasteiger partial charge in [0, 0.05) is 20.0 Å². The number of ether oxygens (including phenoxy) is 2. The highest BCUT2D eigenvalue weighted by molar-refractivity contribution is 5.82. The molecule has 102 valence electrons. The van der Waals surface area contributed by atoms with Gasteiger partial charge in [-0.25, -0.2) is 4.79 Å². The number of nitrogens with zero attached hydrogens (tertiary/aromatic N) is 1. The molecule has 18 heavy (non-hydrogen) atoms. The molecule has 2 amide bonds. The molecular weight excluding hydrogens is 242 g/mol. The van der Waals surface area contributed by atoms with Gasteiger partial charge in [0.25, 0.3) is 5.91 Å². The van der Waals surface area contributed by atoms with E-state index in [4.69, 9.17) is 4.74 Å². The molecule has 1 saturated heterocycles. The van der Waals surface area contributed by atoms with Crippen LogP contribution in [-0.2, 0) is 23.9 Å². The van der Waals surface area contributed by atoms with Crippen LogP contribution in [0.5, 0.6) is 0 Å². The summed E-state index contributed by atoms with van der Waals surface area (Å²) >= 11 is 0. The molecule has 0 aromatic carbocycles. The van der Waals surface area contributed by atoms with Gasteiger partial charge in [0.05, 0.1) is 20.3 Å². The molecule has 0 radical (unpaired) electrons. The summed E-state index contributed by atoms with van der Waals surface area (Å²) in [5.41, 5.74) is 4.44. The smallest absolute Gasteiger partial charge is 0.336 e. The van der Waals surface area contributed by atoms with Crippen molar-refractivity contribution in [2.45, 2.75) is 13.0 Å². The molecule has 8 nitrogen and oxygen atoms in total. The molecule has 1 unspecified atom stereocenters. The molecule has 0 aromatic heterocycles. The third-order valence-corrected chi connectivity index (χ3v) is 2.36. The van der Waals surface area contributed by atoms with Crippen molar-refractivity contribution in [3.05, 3.63) is 0 Å². The third kappa shape index (κ3) is 4.68. The molecule has 2 N–H and O–H groups in total. The minimum Gasteiger partial charge on any atom is -0.467 e. The monoisotopic (exact) mass is 259 g/mol. The number of carbonyl (C=O) groups excluding carboxylic acids is 3. The topological polar surface area (TPSA) is 97.0 Å². The Morgan fingerprint density at radius 1 is 1.39 bits per heavy atom. The Labute approximate surface area is 105 Å².